The Bertz CT molecular complexity index is 569. The molecular formula is C14H11BrClF2N. The number of benzene rings is 2. The summed E-state index contributed by atoms with van der Waals surface area (Å²) < 4.78 is 27.0. The van der Waals surface area contributed by atoms with Gasteiger partial charge in [-0.2, -0.15) is 0 Å². The summed E-state index contributed by atoms with van der Waals surface area (Å²) in [6.45, 7) is 0.937. The molecule has 0 saturated carbocycles. The average Bonchev–Trinajstić information content (AvgIpc) is 2.32. The second-order valence-corrected chi connectivity index (χ2v) is 5.41. The highest BCUT2D eigenvalue weighted by atomic mass is 79.9. The van der Waals surface area contributed by atoms with Crippen LogP contribution in [0.3, 0.4) is 0 Å². The Labute approximate surface area is 123 Å². The molecule has 100 valence electrons. The Balaban J connectivity index is 1.98. The lowest BCUT2D eigenvalue weighted by Crippen LogP contribution is -2.13. The molecule has 19 heavy (non-hydrogen) atoms. The Kier molecular flexibility index (Phi) is 4.91. The lowest BCUT2D eigenvalue weighted by Gasteiger charge is -2.08. The minimum atomic E-state index is -0.365. The van der Waals surface area contributed by atoms with Gasteiger partial charge in [0.05, 0.1) is 0 Å². The van der Waals surface area contributed by atoms with Crippen LogP contribution in [0.25, 0.3) is 0 Å². The number of nitrogens with one attached hydrogen (secondary N) is 1. The summed E-state index contributed by atoms with van der Waals surface area (Å²) in [6.07, 6.45) is 0. The molecule has 2 aromatic rings. The quantitative estimate of drug-likeness (QED) is 0.848. The van der Waals surface area contributed by atoms with Crippen LogP contribution < -0.4 is 5.32 Å². The summed E-state index contributed by atoms with van der Waals surface area (Å²) in [5, 5.41) is 3.48. The highest BCUT2D eigenvalue weighted by Gasteiger charge is 2.03. The summed E-state index contributed by atoms with van der Waals surface area (Å²) in [5.74, 6) is -0.648. The Morgan fingerprint density at radius 2 is 1.79 bits per heavy atom. The van der Waals surface area contributed by atoms with Gasteiger partial charge in [0.25, 0.3) is 0 Å². The SMILES string of the molecule is Fc1cc(Cl)cc(CNCc2cc(F)ccc2Br)c1. The largest absolute Gasteiger partial charge is 0.309 e. The topological polar surface area (TPSA) is 12.0 Å². The van der Waals surface area contributed by atoms with Gasteiger partial charge in [-0.1, -0.05) is 27.5 Å². The van der Waals surface area contributed by atoms with Crippen LogP contribution in [0, 0.1) is 11.6 Å². The zero-order valence-electron chi connectivity index (χ0n) is 9.89. The third-order valence-corrected chi connectivity index (χ3v) is 3.57. The first-order valence-electron chi connectivity index (χ1n) is 5.64. The van der Waals surface area contributed by atoms with Crippen molar-refractivity contribution in [2.75, 3.05) is 0 Å². The summed E-state index contributed by atoms with van der Waals surface area (Å²) in [4.78, 5) is 0. The predicted octanol–water partition coefficient (Wildman–Crippen LogP) is 4.67. The van der Waals surface area contributed by atoms with Crippen LogP contribution in [0.15, 0.2) is 40.9 Å². The van der Waals surface area contributed by atoms with E-state index in [4.69, 9.17) is 11.6 Å². The molecule has 0 fully saturated rings. The fourth-order valence-electron chi connectivity index (χ4n) is 1.73. The van der Waals surface area contributed by atoms with Gasteiger partial charge in [0.2, 0.25) is 0 Å². The normalized spacial score (nSPS) is 10.7. The highest BCUT2D eigenvalue weighted by Crippen LogP contribution is 2.18. The van der Waals surface area contributed by atoms with E-state index in [9.17, 15) is 8.78 Å². The van der Waals surface area contributed by atoms with Gasteiger partial charge < -0.3 is 5.32 Å². The molecule has 0 aromatic heterocycles. The van der Waals surface area contributed by atoms with Crippen LogP contribution >= 0.6 is 27.5 Å². The number of hydrogen-bond donors (Lipinski definition) is 1. The van der Waals surface area contributed by atoms with Crippen molar-refractivity contribution >= 4 is 27.5 Å². The smallest absolute Gasteiger partial charge is 0.125 e. The molecule has 1 nitrogen and oxygen atoms in total. The van der Waals surface area contributed by atoms with Crippen molar-refractivity contribution in [1.29, 1.82) is 0 Å². The molecule has 0 radical (unpaired) electrons. The Morgan fingerprint density at radius 1 is 1.00 bits per heavy atom. The lowest BCUT2D eigenvalue weighted by atomic mass is 10.2. The predicted molar refractivity (Wildman–Crippen MR) is 76.1 cm³/mol. The van der Waals surface area contributed by atoms with Crippen molar-refractivity contribution in [2.24, 2.45) is 0 Å². The molecule has 5 heteroatoms. The van der Waals surface area contributed by atoms with Gasteiger partial charge in [0.15, 0.2) is 0 Å². The third kappa shape index (κ3) is 4.27. The van der Waals surface area contributed by atoms with Crippen molar-refractivity contribution in [3.05, 3.63) is 68.7 Å². The molecule has 0 aliphatic carbocycles. The van der Waals surface area contributed by atoms with E-state index < -0.39 is 0 Å². The zero-order valence-corrected chi connectivity index (χ0v) is 12.2. The third-order valence-electron chi connectivity index (χ3n) is 2.57. The minimum Gasteiger partial charge on any atom is -0.309 e. The second-order valence-electron chi connectivity index (χ2n) is 4.12. The first-order valence-corrected chi connectivity index (χ1v) is 6.81. The van der Waals surface area contributed by atoms with Gasteiger partial charge in [-0.3, -0.25) is 0 Å². The fraction of sp³-hybridized carbons (Fsp3) is 0.143. The van der Waals surface area contributed by atoms with E-state index >= 15 is 0 Å². The summed E-state index contributed by atoms with van der Waals surface area (Å²) in [6, 6.07) is 8.87. The maximum atomic E-state index is 13.1. The molecule has 0 amide bonds. The first-order chi connectivity index (χ1) is 9.04. The number of hydrogen-bond acceptors (Lipinski definition) is 1. The van der Waals surface area contributed by atoms with E-state index in [0.717, 1.165) is 15.6 Å². The number of halogens is 4. The highest BCUT2D eigenvalue weighted by molar-refractivity contribution is 9.10. The fourth-order valence-corrected chi connectivity index (χ4v) is 2.36. The van der Waals surface area contributed by atoms with Gasteiger partial charge in [-0.05, 0) is 47.5 Å². The van der Waals surface area contributed by atoms with Gasteiger partial charge in [-0.25, -0.2) is 8.78 Å². The van der Waals surface area contributed by atoms with Crippen LogP contribution in [0.1, 0.15) is 11.1 Å². The van der Waals surface area contributed by atoms with Crippen LogP contribution in [0.4, 0.5) is 8.78 Å². The van der Waals surface area contributed by atoms with E-state index in [1.807, 2.05) is 0 Å². The maximum Gasteiger partial charge on any atom is 0.125 e. The summed E-state index contributed by atoms with van der Waals surface area (Å²) in [5.41, 5.74) is 1.56. The molecule has 0 bridgehead atoms. The molecule has 1 N–H and O–H groups in total. The summed E-state index contributed by atoms with van der Waals surface area (Å²) >= 11 is 9.12. The Morgan fingerprint density at radius 3 is 2.53 bits per heavy atom. The Hall–Kier alpha value is -0.970. The van der Waals surface area contributed by atoms with Crippen LogP contribution in [-0.2, 0) is 13.1 Å². The van der Waals surface area contributed by atoms with Crippen molar-refractivity contribution < 1.29 is 8.78 Å². The molecule has 0 spiro atoms. The molecule has 0 heterocycles. The van der Waals surface area contributed by atoms with Crippen LogP contribution in [-0.4, -0.2) is 0 Å². The molecule has 0 atom stereocenters. The maximum absolute atomic E-state index is 13.1. The second kappa shape index (κ2) is 6.46. The minimum absolute atomic E-state index is 0.284. The standard InChI is InChI=1S/C14H11BrClF2N/c15-14-2-1-12(17)5-10(14)8-19-7-9-3-11(16)6-13(18)4-9/h1-6,19H,7-8H2. The molecular weight excluding hydrogens is 336 g/mol. The van der Waals surface area contributed by atoms with Gasteiger partial charge >= 0.3 is 0 Å². The number of rotatable bonds is 4. The molecule has 0 aliphatic heterocycles. The van der Waals surface area contributed by atoms with Crippen LogP contribution in [0.5, 0.6) is 0 Å². The van der Waals surface area contributed by atoms with E-state index in [1.165, 1.54) is 24.3 Å². The van der Waals surface area contributed by atoms with E-state index in [2.05, 4.69) is 21.2 Å². The average molecular weight is 347 g/mol. The van der Waals surface area contributed by atoms with Gasteiger partial charge in [-0.15, -0.1) is 0 Å². The van der Waals surface area contributed by atoms with Crippen molar-refractivity contribution in [1.82, 2.24) is 5.32 Å². The van der Waals surface area contributed by atoms with Crippen molar-refractivity contribution in [2.45, 2.75) is 13.1 Å². The molecule has 2 aromatic carbocycles. The van der Waals surface area contributed by atoms with Crippen LogP contribution in [0.2, 0.25) is 5.02 Å². The molecule has 0 saturated heterocycles. The van der Waals surface area contributed by atoms with E-state index in [0.29, 0.717) is 18.1 Å². The van der Waals surface area contributed by atoms with E-state index in [1.54, 1.807) is 12.1 Å². The lowest BCUT2D eigenvalue weighted by molar-refractivity contribution is 0.614. The summed E-state index contributed by atoms with van der Waals surface area (Å²) in [7, 11) is 0. The van der Waals surface area contributed by atoms with Gasteiger partial charge in [0, 0.05) is 22.6 Å². The van der Waals surface area contributed by atoms with Gasteiger partial charge in [0.1, 0.15) is 11.6 Å². The first kappa shape index (κ1) is 14.4. The van der Waals surface area contributed by atoms with E-state index in [-0.39, 0.29) is 11.6 Å². The monoisotopic (exact) mass is 345 g/mol. The van der Waals surface area contributed by atoms with Crippen molar-refractivity contribution in [3.8, 4) is 0 Å². The molecule has 0 unspecified atom stereocenters. The molecule has 0 aliphatic rings. The molecule has 2 rings (SSSR count). The van der Waals surface area contributed by atoms with Crippen molar-refractivity contribution in [3.63, 3.8) is 0 Å². The zero-order chi connectivity index (χ0) is 13.8.